The molecule has 0 aliphatic carbocycles. The van der Waals surface area contributed by atoms with E-state index in [0.29, 0.717) is 6.61 Å². The van der Waals surface area contributed by atoms with Crippen molar-refractivity contribution in [1.29, 1.82) is 0 Å². The lowest BCUT2D eigenvalue weighted by atomic mass is 10.1. The minimum absolute atomic E-state index is 0.214. The van der Waals surface area contributed by atoms with Crippen LogP contribution in [0.5, 0.6) is 11.5 Å². The highest BCUT2D eigenvalue weighted by Gasteiger charge is 2.10. The van der Waals surface area contributed by atoms with Gasteiger partial charge in [0, 0.05) is 5.56 Å². The van der Waals surface area contributed by atoms with Crippen LogP contribution < -0.4 is 14.8 Å². The highest BCUT2D eigenvalue weighted by Crippen LogP contribution is 2.27. The van der Waals surface area contributed by atoms with Crippen molar-refractivity contribution in [3.05, 3.63) is 23.8 Å². The van der Waals surface area contributed by atoms with Crippen molar-refractivity contribution in [2.24, 2.45) is 0 Å². The Kier molecular flexibility index (Phi) is 7.30. The molecule has 0 saturated heterocycles. The van der Waals surface area contributed by atoms with Crippen LogP contribution in [0, 0.1) is 0 Å². The second-order valence-corrected chi connectivity index (χ2v) is 4.62. The molecule has 108 valence electrons. The maximum atomic E-state index is 9.17. The summed E-state index contributed by atoms with van der Waals surface area (Å²) in [5.74, 6) is 1.57. The van der Waals surface area contributed by atoms with Crippen LogP contribution in [0.3, 0.4) is 0 Å². The van der Waals surface area contributed by atoms with Gasteiger partial charge in [-0.05, 0) is 31.0 Å². The van der Waals surface area contributed by atoms with Gasteiger partial charge in [-0.3, -0.25) is 0 Å². The third-order valence-corrected chi connectivity index (χ3v) is 3.14. The largest absolute Gasteiger partial charge is 0.493 e. The number of quaternary nitrogens is 1. The first kappa shape index (κ1) is 15.8. The van der Waals surface area contributed by atoms with E-state index < -0.39 is 0 Å². The molecule has 0 radical (unpaired) electrons. The minimum Gasteiger partial charge on any atom is -0.493 e. The summed E-state index contributed by atoms with van der Waals surface area (Å²) >= 11 is 0. The Labute approximate surface area is 115 Å². The minimum atomic E-state index is 0.214. The highest BCUT2D eigenvalue weighted by atomic mass is 16.5. The molecule has 0 saturated carbocycles. The molecule has 0 fully saturated rings. The van der Waals surface area contributed by atoms with Crippen molar-refractivity contribution < 1.29 is 19.9 Å². The van der Waals surface area contributed by atoms with Crippen molar-refractivity contribution in [2.45, 2.75) is 39.3 Å². The van der Waals surface area contributed by atoms with Gasteiger partial charge in [-0.2, -0.15) is 0 Å². The Morgan fingerprint density at radius 2 is 2.05 bits per heavy atom. The first-order chi connectivity index (χ1) is 9.24. The first-order valence-electron chi connectivity index (χ1n) is 6.99. The summed E-state index contributed by atoms with van der Waals surface area (Å²) in [5, 5.41) is 11.3. The molecule has 0 unspecified atom stereocenters. The summed E-state index contributed by atoms with van der Waals surface area (Å²) in [6, 6.07) is 6.28. The van der Waals surface area contributed by atoms with Crippen molar-refractivity contribution in [3.63, 3.8) is 0 Å². The van der Waals surface area contributed by atoms with E-state index in [9.17, 15) is 5.11 Å². The smallest absolute Gasteiger partial charge is 0.161 e. The fourth-order valence-corrected chi connectivity index (χ4v) is 1.84. The van der Waals surface area contributed by atoms with Crippen LogP contribution >= 0.6 is 0 Å². The van der Waals surface area contributed by atoms with E-state index in [2.05, 4.69) is 19.2 Å². The van der Waals surface area contributed by atoms with E-state index in [4.69, 9.17) is 9.47 Å². The predicted molar refractivity (Wildman–Crippen MR) is 75.6 cm³/mol. The maximum Gasteiger partial charge on any atom is 0.161 e. The fraction of sp³-hybridized carbons (Fsp3) is 0.600. The molecule has 1 aromatic rings. The second-order valence-electron chi connectivity index (χ2n) is 4.62. The van der Waals surface area contributed by atoms with Crippen molar-refractivity contribution in [2.75, 3.05) is 20.3 Å². The number of nitrogens with two attached hydrogens (primary N) is 1. The van der Waals surface area contributed by atoms with Crippen LogP contribution in [-0.4, -0.2) is 31.5 Å². The molecule has 0 aliphatic rings. The zero-order valence-corrected chi connectivity index (χ0v) is 12.2. The van der Waals surface area contributed by atoms with Gasteiger partial charge in [0.05, 0.1) is 20.3 Å². The molecule has 4 nitrogen and oxygen atoms in total. The Bertz CT molecular complexity index is 364. The quantitative estimate of drug-likeness (QED) is 0.710. The molecule has 0 heterocycles. The summed E-state index contributed by atoms with van der Waals surface area (Å²) in [5.41, 5.74) is 1.17. The molecule has 4 heteroatoms. The number of ether oxygens (including phenoxy) is 2. The van der Waals surface area contributed by atoms with Gasteiger partial charge in [-0.1, -0.05) is 13.8 Å². The molecule has 0 amide bonds. The van der Waals surface area contributed by atoms with Crippen molar-refractivity contribution >= 4 is 0 Å². The van der Waals surface area contributed by atoms with E-state index in [-0.39, 0.29) is 12.6 Å². The number of aliphatic hydroxyl groups excluding tert-OH is 1. The zero-order chi connectivity index (χ0) is 14.1. The number of benzene rings is 1. The van der Waals surface area contributed by atoms with Crippen LogP contribution in [0.4, 0.5) is 0 Å². The van der Waals surface area contributed by atoms with Gasteiger partial charge in [0.15, 0.2) is 11.5 Å². The average Bonchev–Trinajstić information content (AvgIpc) is 2.46. The predicted octanol–water partition coefficient (Wildman–Crippen LogP) is 1.32. The molecule has 0 bridgehead atoms. The van der Waals surface area contributed by atoms with E-state index in [1.807, 2.05) is 18.2 Å². The lowest BCUT2D eigenvalue weighted by Crippen LogP contribution is -2.89. The standard InChI is InChI=1S/C15H25NO3/c1-4-8-19-14-7-6-12(9-15(14)18-3)10-16-13(5-2)11-17/h6-7,9,13,16-17H,4-5,8,10-11H2,1-3H3/p+1/t13-/m0/s1. The van der Waals surface area contributed by atoms with Crippen LogP contribution in [0.2, 0.25) is 0 Å². The molecule has 1 rings (SSSR count). The number of aliphatic hydroxyl groups is 1. The van der Waals surface area contributed by atoms with Gasteiger partial charge in [-0.25, -0.2) is 0 Å². The van der Waals surface area contributed by atoms with E-state index in [1.54, 1.807) is 7.11 Å². The fourth-order valence-electron chi connectivity index (χ4n) is 1.84. The Hall–Kier alpha value is -1.26. The number of rotatable bonds is 9. The Balaban J connectivity index is 2.65. The molecule has 19 heavy (non-hydrogen) atoms. The van der Waals surface area contributed by atoms with Crippen LogP contribution in [0.25, 0.3) is 0 Å². The summed E-state index contributed by atoms with van der Waals surface area (Å²) in [6.45, 7) is 5.91. The number of methoxy groups -OCH3 is 1. The molecule has 0 spiro atoms. The number of hydrogen-bond donors (Lipinski definition) is 2. The van der Waals surface area contributed by atoms with E-state index in [0.717, 1.165) is 30.9 Å². The van der Waals surface area contributed by atoms with Crippen LogP contribution in [-0.2, 0) is 6.54 Å². The van der Waals surface area contributed by atoms with Gasteiger partial charge in [0.2, 0.25) is 0 Å². The summed E-state index contributed by atoms with van der Waals surface area (Å²) in [7, 11) is 1.66. The third kappa shape index (κ3) is 5.09. The van der Waals surface area contributed by atoms with E-state index in [1.165, 1.54) is 5.56 Å². The summed E-state index contributed by atoms with van der Waals surface area (Å²) < 4.78 is 11.0. The molecule has 0 aliphatic heterocycles. The van der Waals surface area contributed by atoms with Gasteiger partial charge in [0.1, 0.15) is 12.6 Å². The topological polar surface area (TPSA) is 55.3 Å². The molecule has 1 aromatic carbocycles. The van der Waals surface area contributed by atoms with Gasteiger partial charge in [-0.15, -0.1) is 0 Å². The third-order valence-electron chi connectivity index (χ3n) is 3.14. The second kappa shape index (κ2) is 8.77. The molecule has 3 N–H and O–H groups in total. The van der Waals surface area contributed by atoms with Crippen molar-refractivity contribution in [3.8, 4) is 11.5 Å². The SMILES string of the molecule is CCCOc1ccc(C[NH2+][C@@H](CC)CO)cc1OC. The van der Waals surface area contributed by atoms with Gasteiger partial charge < -0.3 is 19.9 Å². The monoisotopic (exact) mass is 268 g/mol. The van der Waals surface area contributed by atoms with Crippen LogP contribution in [0.1, 0.15) is 32.3 Å². The molecular weight excluding hydrogens is 242 g/mol. The van der Waals surface area contributed by atoms with E-state index >= 15 is 0 Å². The molecule has 1 atom stereocenters. The zero-order valence-electron chi connectivity index (χ0n) is 12.2. The lowest BCUT2D eigenvalue weighted by Gasteiger charge is -2.13. The Morgan fingerprint density at radius 1 is 1.26 bits per heavy atom. The maximum absolute atomic E-state index is 9.17. The summed E-state index contributed by atoms with van der Waals surface area (Å²) in [4.78, 5) is 0. The van der Waals surface area contributed by atoms with Crippen molar-refractivity contribution in [1.82, 2.24) is 0 Å². The van der Waals surface area contributed by atoms with Gasteiger partial charge in [0.25, 0.3) is 0 Å². The Morgan fingerprint density at radius 3 is 2.63 bits per heavy atom. The molecular formula is C15H26NO3+. The normalized spacial score (nSPS) is 12.2. The lowest BCUT2D eigenvalue weighted by molar-refractivity contribution is -0.706. The number of hydrogen-bond acceptors (Lipinski definition) is 3. The molecule has 0 aromatic heterocycles. The van der Waals surface area contributed by atoms with Crippen LogP contribution in [0.15, 0.2) is 18.2 Å². The average molecular weight is 268 g/mol. The van der Waals surface area contributed by atoms with Gasteiger partial charge >= 0.3 is 0 Å². The highest BCUT2D eigenvalue weighted by molar-refractivity contribution is 5.42. The summed E-state index contributed by atoms with van der Waals surface area (Å²) in [6.07, 6.45) is 1.94. The first-order valence-corrected chi connectivity index (χ1v) is 6.99.